The summed E-state index contributed by atoms with van der Waals surface area (Å²) in [5, 5.41) is 3.33. The summed E-state index contributed by atoms with van der Waals surface area (Å²) >= 11 is 12.0. The summed E-state index contributed by atoms with van der Waals surface area (Å²) in [6.07, 6.45) is 11.3. The van der Waals surface area contributed by atoms with Gasteiger partial charge in [-0.2, -0.15) is 0 Å². The standard InChI is InChI=1S/C26H30Cl2N2O3/c1-2-3-4-5-6-7-8-9-10-11-24(31)29-18-12-14-19(15-13-18)30-25(32)20-16-22(27)23(28)17-21(20)26(30)33/h12-17H,2-11H2,1H3,(H,29,31). The van der Waals surface area contributed by atoms with Gasteiger partial charge in [-0.3, -0.25) is 14.4 Å². The summed E-state index contributed by atoms with van der Waals surface area (Å²) in [4.78, 5) is 38.8. The van der Waals surface area contributed by atoms with Gasteiger partial charge in [-0.1, -0.05) is 81.5 Å². The van der Waals surface area contributed by atoms with Crippen molar-refractivity contribution in [3.8, 4) is 0 Å². The first-order valence-corrected chi connectivity index (χ1v) is 12.5. The first-order chi connectivity index (χ1) is 15.9. The van der Waals surface area contributed by atoms with E-state index in [1.807, 2.05) is 0 Å². The van der Waals surface area contributed by atoms with Crippen molar-refractivity contribution in [3.05, 3.63) is 57.6 Å². The molecule has 0 atom stereocenters. The van der Waals surface area contributed by atoms with E-state index in [4.69, 9.17) is 23.2 Å². The van der Waals surface area contributed by atoms with Gasteiger partial charge in [0.1, 0.15) is 0 Å². The molecular weight excluding hydrogens is 459 g/mol. The summed E-state index contributed by atoms with van der Waals surface area (Å²) in [6.45, 7) is 2.22. The van der Waals surface area contributed by atoms with Crippen LogP contribution in [0, 0.1) is 0 Å². The number of carbonyl (C=O) groups excluding carboxylic acids is 3. The van der Waals surface area contributed by atoms with Gasteiger partial charge in [-0.15, -0.1) is 0 Å². The molecule has 0 spiro atoms. The molecular formula is C26H30Cl2N2O3. The molecule has 0 fully saturated rings. The number of imide groups is 1. The number of rotatable bonds is 12. The zero-order valence-corrected chi connectivity index (χ0v) is 20.5. The van der Waals surface area contributed by atoms with Gasteiger partial charge >= 0.3 is 0 Å². The summed E-state index contributed by atoms with van der Waals surface area (Å²) < 4.78 is 0. The van der Waals surface area contributed by atoms with Crippen LogP contribution in [-0.4, -0.2) is 17.7 Å². The van der Waals surface area contributed by atoms with Crippen LogP contribution in [-0.2, 0) is 4.79 Å². The number of nitrogens with one attached hydrogen (secondary N) is 1. The summed E-state index contributed by atoms with van der Waals surface area (Å²) in [5.41, 5.74) is 1.51. The number of fused-ring (bicyclic) bond motifs is 1. The molecule has 33 heavy (non-hydrogen) atoms. The first-order valence-electron chi connectivity index (χ1n) is 11.7. The number of anilines is 2. The molecule has 5 nitrogen and oxygen atoms in total. The van der Waals surface area contributed by atoms with Crippen molar-refractivity contribution in [2.24, 2.45) is 0 Å². The minimum Gasteiger partial charge on any atom is -0.326 e. The molecule has 2 aromatic rings. The molecule has 0 bridgehead atoms. The molecule has 1 N–H and O–H groups in total. The highest BCUT2D eigenvalue weighted by atomic mass is 35.5. The van der Waals surface area contributed by atoms with E-state index in [2.05, 4.69) is 12.2 Å². The maximum atomic E-state index is 12.7. The van der Waals surface area contributed by atoms with Gasteiger partial charge in [0.15, 0.2) is 0 Å². The highest BCUT2D eigenvalue weighted by Crippen LogP contribution is 2.34. The Morgan fingerprint density at radius 2 is 1.27 bits per heavy atom. The maximum absolute atomic E-state index is 12.7. The lowest BCUT2D eigenvalue weighted by Crippen LogP contribution is -2.29. The Hall–Kier alpha value is -2.37. The number of amides is 3. The number of hydrogen-bond donors (Lipinski definition) is 1. The minimum atomic E-state index is -0.448. The second-order valence-electron chi connectivity index (χ2n) is 8.43. The summed E-state index contributed by atoms with van der Waals surface area (Å²) in [7, 11) is 0. The number of unbranched alkanes of at least 4 members (excludes halogenated alkanes) is 8. The Labute approximate surface area is 205 Å². The average molecular weight is 489 g/mol. The van der Waals surface area contributed by atoms with Gasteiger partial charge < -0.3 is 5.32 Å². The van der Waals surface area contributed by atoms with Crippen molar-refractivity contribution in [1.82, 2.24) is 0 Å². The van der Waals surface area contributed by atoms with Crippen molar-refractivity contribution < 1.29 is 14.4 Å². The van der Waals surface area contributed by atoms with E-state index in [-0.39, 0.29) is 27.1 Å². The highest BCUT2D eigenvalue weighted by molar-refractivity contribution is 6.44. The third-order valence-electron chi connectivity index (χ3n) is 5.84. The molecule has 7 heteroatoms. The Morgan fingerprint density at radius 3 is 1.79 bits per heavy atom. The zero-order chi connectivity index (χ0) is 23.8. The molecule has 3 rings (SSSR count). The fraction of sp³-hybridized carbons (Fsp3) is 0.423. The molecule has 0 aromatic heterocycles. The normalized spacial score (nSPS) is 12.9. The average Bonchev–Trinajstić information content (AvgIpc) is 3.03. The van der Waals surface area contributed by atoms with E-state index in [1.54, 1.807) is 24.3 Å². The van der Waals surface area contributed by atoms with Crippen LogP contribution in [0.4, 0.5) is 11.4 Å². The fourth-order valence-corrected chi connectivity index (χ4v) is 4.31. The SMILES string of the molecule is CCCCCCCCCCCC(=O)Nc1ccc(N2C(=O)c3cc(Cl)c(Cl)cc3C2=O)cc1. The largest absolute Gasteiger partial charge is 0.326 e. The quantitative estimate of drug-likeness (QED) is 0.246. The number of nitrogens with zero attached hydrogens (tertiary/aromatic N) is 1. The first kappa shape index (κ1) is 25.3. The Balaban J connectivity index is 1.45. The predicted octanol–water partition coefficient (Wildman–Crippen LogP) is 7.65. The zero-order valence-electron chi connectivity index (χ0n) is 19.0. The molecule has 1 heterocycles. The number of halogens is 2. The van der Waals surface area contributed by atoms with Crippen LogP contribution in [0.5, 0.6) is 0 Å². The molecule has 0 radical (unpaired) electrons. The van der Waals surface area contributed by atoms with Crippen LogP contribution < -0.4 is 10.2 Å². The molecule has 0 saturated heterocycles. The van der Waals surface area contributed by atoms with Crippen molar-refractivity contribution in [1.29, 1.82) is 0 Å². The molecule has 2 aromatic carbocycles. The second-order valence-corrected chi connectivity index (χ2v) is 9.25. The van der Waals surface area contributed by atoms with E-state index in [0.717, 1.165) is 17.7 Å². The summed E-state index contributed by atoms with van der Waals surface area (Å²) in [5.74, 6) is -0.929. The topological polar surface area (TPSA) is 66.5 Å². The third kappa shape index (κ3) is 6.58. The monoisotopic (exact) mass is 488 g/mol. The Kier molecular flexibility index (Phi) is 9.33. The fourth-order valence-electron chi connectivity index (χ4n) is 3.98. The van der Waals surface area contributed by atoms with Crippen LogP contribution in [0.1, 0.15) is 91.8 Å². The van der Waals surface area contributed by atoms with Crippen LogP contribution in [0.15, 0.2) is 36.4 Å². The number of carbonyl (C=O) groups is 3. The van der Waals surface area contributed by atoms with Crippen molar-refractivity contribution in [3.63, 3.8) is 0 Å². The van der Waals surface area contributed by atoms with Crippen LogP contribution >= 0.6 is 23.2 Å². The third-order valence-corrected chi connectivity index (χ3v) is 6.57. The molecule has 3 amide bonds. The smallest absolute Gasteiger partial charge is 0.266 e. The van der Waals surface area contributed by atoms with Crippen molar-refractivity contribution >= 4 is 52.3 Å². The number of benzene rings is 2. The van der Waals surface area contributed by atoms with Crippen LogP contribution in [0.25, 0.3) is 0 Å². The van der Waals surface area contributed by atoms with E-state index >= 15 is 0 Å². The lowest BCUT2D eigenvalue weighted by molar-refractivity contribution is -0.116. The van der Waals surface area contributed by atoms with Crippen LogP contribution in [0.2, 0.25) is 10.0 Å². The molecule has 0 saturated carbocycles. The molecule has 0 unspecified atom stereocenters. The lowest BCUT2D eigenvalue weighted by atomic mass is 10.1. The maximum Gasteiger partial charge on any atom is 0.266 e. The van der Waals surface area contributed by atoms with E-state index < -0.39 is 11.8 Å². The van der Waals surface area contributed by atoms with Crippen LogP contribution in [0.3, 0.4) is 0 Å². The highest BCUT2D eigenvalue weighted by Gasteiger charge is 2.37. The summed E-state index contributed by atoms with van der Waals surface area (Å²) in [6, 6.07) is 9.49. The van der Waals surface area contributed by atoms with Gasteiger partial charge in [0.25, 0.3) is 11.8 Å². The molecule has 0 aliphatic carbocycles. The molecule has 1 aliphatic rings. The predicted molar refractivity (Wildman–Crippen MR) is 135 cm³/mol. The van der Waals surface area contributed by atoms with Crippen molar-refractivity contribution in [2.45, 2.75) is 71.1 Å². The molecule has 176 valence electrons. The van der Waals surface area contributed by atoms with Crippen molar-refractivity contribution in [2.75, 3.05) is 10.2 Å². The Morgan fingerprint density at radius 1 is 0.788 bits per heavy atom. The van der Waals surface area contributed by atoms with Gasteiger partial charge in [0, 0.05) is 12.1 Å². The second kappa shape index (κ2) is 12.2. The lowest BCUT2D eigenvalue weighted by Gasteiger charge is -2.14. The van der Waals surface area contributed by atoms with E-state index in [9.17, 15) is 14.4 Å². The van der Waals surface area contributed by atoms with Gasteiger partial charge in [-0.25, -0.2) is 4.90 Å². The van der Waals surface area contributed by atoms with E-state index in [0.29, 0.717) is 17.8 Å². The number of hydrogen-bond acceptors (Lipinski definition) is 3. The van der Waals surface area contributed by atoms with Gasteiger partial charge in [-0.05, 0) is 42.8 Å². The molecule has 1 aliphatic heterocycles. The minimum absolute atomic E-state index is 0.0318. The van der Waals surface area contributed by atoms with Gasteiger partial charge in [0.05, 0.1) is 26.9 Å². The Bertz CT molecular complexity index is 964. The van der Waals surface area contributed by atoms with E-state index in [1.165, 1.54) is 57.1 Å². The van der Waals surface area contributed by atoms with Gasteiger partial charge in [0.2, 0.25) is 5.91 Å².